The first kappa shape index (κ1) is 12.0. The minimum atomic E-state index is -1.51. The molecule has 3 heterocycles. The molecule has 0 aromatic rings. The third-order valence-electron chi connectivity index (χ3n) is 1.38. The average molecular weight is 295 g/mol. The summed E-state index contributed by atoms with van der Waals surface area (Å²) in [7, 11) is 0. The van der Waals surface area contributed by atoms with Crippen LogP contribution < -0.4 is 0 Å². The van der Waals surface area contributed by atoms with Crippen molar-refractivity contribution in [2.75, 3.05) is 0 Å². The van der Waals surface area contributed by atoms with Gasteiger partial charge in [-0.1, -0.05) is 0 Å². The Morgan fingerprint density at radius 3 is 1.54 bits per heavy atom. The molecule has 0 saturated carbocycles. The number of fused-ring (bicyclic) bond motifs is 2. The van der Waals surface area contributed by atoms with Crippen LogP contribution in [-0.4, -0.2) is 62.5 Å². The van der Waals surface area contributed by atoms with Crippen molar-refractivity contribution in [3.05, 3.63) is 0 Å². The third-order valence-corrected chi connectivity index (χ3v) is 4.77. The van der Waals surface area contributed by atoms with E-state index in [0.717, 1.165) is 6.24 Å². The standard InChI is InChI=1S/C4H2N2O4.2H2O.Sn/c7-1-2(8)5-4(10)6-3(1)9;;;/h(H2,5,6,8,9,10);2*1H2;/q;;;+2/p-2. The quantitative estimate of drug-likeness (QED) is 0.334. The Morgan fingerprint density at radius 2 is 1.23 bits per heavy atom. The number of urea groups is 1. The van der Waals surface area contributed by atoms with Crippen LogP contribution in [0.1, 0.15) is 0 Å². The molecule has 0 aliphatic carbocycles. The van der Waals surface area contributed by atoms with Crippen molar-refractivity contribution in [3.63, 3.8) is 0 Å². The molecular weight excluding hydrogens is 291 g/mol. The van der Waals surface area contributed by atoms with Crippen molar-refractivity contribution in [2.45, 2.75) is 0 Å². The molecular formula is C4H4N2O6Sn. The zero-order valence-corrected chi connectivity index (χ0v) is 8.88. The van der Waals surface area contributed by atoms with Gasteiger partial charge in [0.1, 0.15) is 0 Å². The molecule has 9 heteroatoms. The molecule has 2 radical (unpaired) electrons. The maximum atomic E-state index is 10.7. The van der Waals surface area contributed by atoms with Gasteiger partial charge in [0.05, 0.1) is 0 Å². The SMILES string of the molecule is O.O.O=C1C(=O)[N]2[Sn][N](C1=O)C2=O. The summed E-state index contributed by atoms with van der Waals surface area (Å²) < 4.78 is 1.79. The fraction of sp³-hybridized carbons (Fsp3) is 0. The Kier molecular flexibility index (Phi) is 3.13. The van der Waals surface area contributed by atoms with Crippen molar-refractivity contribution in [2.24, 2.45) is 0 Å². The van der Waals surface area contributed by atoms with Gasteiger partial charge in [0.15, 0.2) is 0 Å². The molecule has 4 amide bonds. The first-order chi connectivity index (χ1) is 5.13. The fourth-order valence-electron chi connectivity index (χ4n) is 0.800. The fourth-order valence-corrected chi connectivity index (χ4v) is 3.13. The number of imide groups is 2. The van der Waals surface area contributed by atoms with E-state index in [1.165, 1.54) is 0 Å². The number of hydrogen-bond acceptors (Lipinski definition) is 4. The van der Waals surface area contributed by atoms with Gasteiger partial charge in [-0.15, -0.1) is 0 Å². The van der Waals surface area contributed by atoms with E-state index in [4.69, 9.17) is 0 Å². The van der Waals surface area contributed by atoms with Gasteiger partial charge in [0, 0.05) is 0 Å². The first-order valence-electron chi connectivity index (χ1n) is 2.66. The number of amides is 4. The molecule has 3 aliphatic heterocycles. The van der Waals surface area contributed by atoms with Gasteiger partial charge in [-0.3, -0.25) is 0 Å². The number of barbiturate groups is 1. The molecule has 8 nitrogen and oxygen atoms in total. The minimum absolute atomic E-state index is 0. The molecule has 3 aliphatic rings. The number of hydrogen-bond donors (Lipinski definition) is 0. The molecule has 3 saturated heterocycles. The molecule has 2 bridgehead atoms. The summed E-state index contributed by atoms with van der Waals surface area (Å²) in [4.78, 5) is 42.8. The monoisotopic (exact) mass is 296 g/mol. The molecule has 70 valence electrons. The number of carbonyl (C=O) groups excluding carboxylic acids is 4. The second kappa shape index (κ2) is 3.39. The second-order valence-electron chi connectivity index (χ2n) is 1.99. The van der Waals surface area contributed by atoms with Gasteiger partial charge < -0.3 is 11.0 Å². The predicted octanol–water partition coefficient (Wildman–Crippen LogP) is -3.76. The summed E-state index contributed by atoms with van der Waals surface area (Å²) in [5, 5.41) is 0. The van der Waals surface area contributed by atoms with Crippen molar-refractivity contribution < 1.29 is 30.1 Å². The molecule has 0 aromatic heterocycles. The Bertz CT molecular complexity index is 288. The topological polar surface area (TPSA) is 138 Å². The van der Waals surface area contributed by atoms with E-state index in [0.29, 0.717) is 0 Å². The van der Waals surface area contributed by atoms with Gasteiger partial charge in [0.2, 0.25) is 0 Å². The van der Waals surface area contributed by atoms with Gasteiger partial charge in [-0.2, -0.15) is 0 Å². The number of ketones is 1. The van der Waals surface area contributed by atoms with E-state index in [1.807, 2.05) is 0 Å². The van der Waals surface area contributed by atoms with Crippen LogP contribution in [0.5, 0.6) is 0 Å². The van der Waals surface area contributed by atoms with Crippen LogP contribution in [0.15, 0.2) is 0 Å². The van der Waals surface area contributed by atoms with Crippen molar-refractivity contribution in [3.8, 4) is 0 Å². The average Bonchev–Trinajstić information content (AvgIpc) is 1.97. The van der Waals surface area contributed by atoms with Crippen molar-refractivity contribution in [1.29, 1.82) is 0 Å². The van der Waals surface area contributed by atoms with E-state index >= 15 is 0 Å². The Morgan fingerprint density at radius 1 is 0.846 bits per heavy atom. The molecule has 0 aromatic carbocycles. The van der Waals surface area contributed by atoms with Crippen LogP contribution in [0, 0.1) is 0 Å². The van der Waals surface area contributed by atoms with Crippen LogP contribution in [0.4, 0.5) is 4.79 Å². The van der Waals surface area contributed by atoms with Crippen LogP contribution in [-0.2, 0) is 14.4 Å². The number of rotatable bonds is 0. The Hall–Kier alpha value is -1.00. The molecule has 3 fully saturated rings. The van der Waals surface area contributed by atoms with Crippen LogP contribution >= 0.6 is 0 Å². The summed E-state index contributed by atoms with van der Waals surface area (Å²) in [5.41, 5.74) is 0. The summed E-state index contributed by atoms with van der Waals surface area (Å²) in [5.74, 6) is -2.96. The van der Waals surface area contributed by atoms with E-state index in [9.17, 15) is 19.2 Å². The number of Topliss-reactive ketones (excluding diaryl/α,β-unsaturated/α-hetero) is 1. The third kappa shape index (κ3) is 1.22. The molecule has 0 unspecified atom stereocenters. The van der Waals surface area contributed by atoms with Gasteiger partial charge in [-0.05, 0) is 0 Å². The molecule has 13 heavy (non-hydrogen) atoms. The first-order valence-corrected chi connectivity index (χ1v) is 5.21. The summed E-state index contributed by atoms with van der Waals surface area (Å²) in [6, 6.07) is -0.619. The van der Waals surface area contributed by atoms with Crippen LogP contribution in [0.3, 0.4) is 0 Å². The zero-order valence-electron chi connectivity index (χ0n) is 6.03. The van der Waals surface area contributed by atoms with E-state index in [2.05, 4.69) is 0 Å². The summed E-state index contributed by atoms with van der Waals surface area (Å²) in [6.45, 7) is 0. The molecule has 3 rings (SSSR count). The van der Waals surface area contributed by atoms with Crippen molar-refractivity contribution >= 4 is 45.3 Å². The predicted molar refractivity (Wildman–Crippen MR) is 37.1 cm³/mol. The Balaban J connectivity index is 0.000000720. The normalized spacial score (nSPS) is 19.1. The van der Waals surface area contributed by atoms with Gasteiger partial charge in [-0.25, -0.2) is 0 Å². The molecule has 0 atom stereocenters. The second-order valence-corrected chi connectivity index (χ2v) is 5.12. The molecule has 4 N–H and O–H groups in total. The summed E-state index contributed by atoms with van der Waals surface area (Å²) in [6.07, 6.45) is 0. The zero-order chi connectivity index (χ0) is 8.17. The van der Waals surface area contributed by atoms with E-state index in [1.54, 1.807) is 0 Å². The van der Waals surface area contributed by atoms with Crippen LogP contribution in [0.2, 0.25) is 0 Å². The van der Waals surface area contributed by atoms with Crippen molar-refractivity contribution in [1.82, 2.24) is 6.24 Å². The Labute approximate surface area is 82.0 Å². The summed E-state index contributed by atoms with van der Waals surface area (Å²) >= 11 is -1.51. The maximum absolute atomic E-state index is 10.7. The van der Waals surface area contributed by atoms with E-state index < -0.39 is 45.3 Å². The van der Waals surface area contributed by atoms with Gasteiger partial charge >= 0.3 is 70.7 Å². The van der Waals surface area contributed by atoms with Crippen LogP contribution in [0.25, 0.3) is 0 Å². The molecule has 0 spiro atoms. The van der Waals surface area contributed by atoms with E-state index in [-0.39, 0.29) is 11.0 Å². The number of nitrogens with zero attached hydrogens (tertiary/aromatic N) is 2. The number of carbonyl (C=O) groups is 4. The van der Waals surface area contributed by atoms with Gasteiger partial charge in [0.25, 0.3) is 0 Å².